The van der Waals surface area contributed by atoms with Crippen molar-refractivity contribution in [1.29, 1.82) is 0 Å². The van der Waals surface area contributed by atoms with Crippen molar-refractivity contribution in [3.8, 4) is 0 Å². The fourth-order valence-corrected chi connectivity index (χ4v) is 1.79. The number of carbonyl (C=O) groups excluding carboxylic acids is 1. The van der Waals surface area contributed by atoms with Crippen LogP contribution < -0.4 is 0 Å². The molecular weight excluding hydrogens is 236 g/mol. The molecule has 0 aliphatic rings. The van der Waals surface area contributed by atoms with Crippen molar-refractivity contribution in [1.82, 2.24) is 9.88 Å². The highest BCUT2D eigenvalue weighted by Crippen LogP contribution is 2.18. The second-order valence-electron chi connectivity index (χ2n) is 4.15. The maximum absolute atomic E-state index is 12.3. The Morgan fingerprint density at radius 1 is 1.65 bits per heavy atom. The maximum atomic E-state index is 12.3. The third-order valence-corrected chi connectivity index (χ3v) is 2.74. The molecule has 1 aromatic heterocycles. The van der Waals surface area contributed by atoms with Gasteiger partial charge in [-0.25, -0.2) is 0 Å². The summed E-state index contributed by atoms with van der Waals surface area (Å²) in [5, 5.41) is 0.442. The number of halogens is 1. The third-order valence-electron chi connectivity index (χ3n) is 2.43. The van der Waals surface area contributed by atoms with Gasteiger partial charge in [-0.15, -0.1) is 6.58 Å². The predicted octanol–water partition coefficient (Wildman–Crippen LogP) is 3.08. The molecule has 0 radical (unpaired) electrons. The molecule has 0 aromatic carbocycles. The molecule has 4 heteroatoms. The summed E-state index contributed by atoms with van der Waals surface area (Å²) in [7, 11) is 0. The molecule has 1 aromatic rings. The van der Waals surface area contributed by atoms with Crippen LogP contribution in [-0.4, -0.2) is 28.4 Å². The molecule has 0 aliphatic heterocycles. The van der Waals surface area contributed by atoms with Crippen molar-refractivity contribution < 1.29 is 4.79 Å². The zero-order valence-electron chi connectivity index (χ0n) is 10.4. The largest absolute Gasteiger partial charge is 0.332 e. The van der Waals surface area contributed by atoms with Crippen molar-refractivity contribution >= 4 is 17.5 Å². The van der Waals surface area contributed by atoms with Gasteiger partial charge in [0.25, 0.3) is 5.91 Å². The van der Waals surface area contributed by atoms with E-state index in [0.29, 0.717) is 17.1 Å². The highest BCUT2D eigenvalue weighted by atomic mass is 35.5. The van der Waals surface area contributed by atoms with Gasteiger partial charge in [0, 0.05) is 24.5 Å². The highest BCUT2D eigenvalue weighted by Gasteiger charge is 2.20. The molecule has 0 atom stereocenters. The molecular formula is C13H17ClN2O. The molecule has 0 unspecified atom stereocenters. The quantitative estimate of drug-likeness (QED) is 0.772. The fourth-order valence-electron chi connectivity index (χ4n) is 1.51. The lowest BCUT2D eigenvalue weighted by Gasteiger charge is -2.25. The molecule has 0 aliphatic carbocycles. The van der Waals surface area contributed by atoms with Gasteiger partial charge >= 0.3 is 0 Å². The molecule has 0 saturated heterocycles. The zero-order chi connectivity index (χ0) is 13.0. The number of aryl methyl sites for hydroxylation is 1. The number of hydrogen-bond acceptors (Lipinski definition) is 2. The second kappa shape index (κ2) is 5.82. The van der Waals surface area contributed by atoms with Crippen molar-refractivity contribution in [2.24, 2.45) is 0 Å². The minimum atomic E-state index is -0.114. The monoisotopic (exact) mass is 252 g/mol. The van der Waals surface area contributed by atoms with E-state index in [-0.39, 0.29) is 11.9 Å². The topological polar surface area (TPSA) is 33.2 Å². The molecule has 0 bridgehead atoms. The summed E-state index contributed by atoms with van der Waals surface area (Å²) in [5.41, 5.74) is 1.24. The summed E-state index contributed by atoms with van der Waals surface area (Å²) < 4.78 is 0. The fraction of sp³-hybridized carbons (Fsp3) is 0.385. The average Bonchev–Trinajstić information content (AvgIpc) is 2.24. The Kier molecular flexibility index (Phi) is 4.70. The number of rotatable bonds is 4. The molecule has 92 valence electrons. The molecule has 0 spiro atoms. The van der Waals surface area contributed by atoms with Gasteiger partial charge < -0.3 is 4.90 Å². The molecule has 1 heterocycles. The van der Waals surface area contributed by atoms with Gasteiger partial charge in [-0.05, 0) is 26.8 Å². The molecule has 1 amide bonds. The SMILES string of the molecule is C=CCN(C(=O)c1cnc(C)cc1Cl)C(C)C. The van der Waals surface area contributed by atoms with E-state index >= 15 is 0 Å². The lowest BCUT2D eigenvalue weighted by molar-refractivity contribution is 0.0728. The number of aromatic nitrogens is 1. The molecule has 3 nitrogen and oxygen atoms in total. The Hall–Kier alpha value is -1.35. The first-order valence-corrected chi connectivity index (χ1v) is 5.89. The Labute approximate surface area is 107 Å². The van der Waals surface area contributed by atoms with Gasteiger partial charge in [0.05, 0.1) is 10.6 Å². The van der Waals surface area contributed by atoms with E-state index in [1.807, 2.05) is 20.8 Å². The Morgan fingerprint density at radius 3 is 2.76 bits per heavy atom. The van der Waals surface area contributed by atoms with E-state index in [1.165, 1.54) is 6.20 Å². The highest BCUT2D eigenvalue weighted by molar-refractivity contribution is 6.33. The van der Waals surface area contributed by atoms with Gasteiger partial charge in [0.2, 0.25) is 0 Å². The van der Waals surface area contributed by atoms with Crippen LogP contribution in [-0.2, 0) is 0 Å². The van der Waals surface area contributed by atoms with Crippen LogP contribution in [0.25, 0.3) is 0 Å². The van der Waals surface area contributed by atoms with Gasteiger partial charge in [-0.3, -0.25) is 9.78 Å². The summed E-state index contributed by atoms with van der Waals surface area (Å²) in [4.78, 5) is 18.1. The van der Waals surface area contributed by atoms with Crippen LogP contribution in [0.2, 0.25) is 5.02 Å². The van der Waals surface area contributed by atoms with Crippen LogP contribution in [0, 0.1) is 6.92 Å². The maximum Gasteiger partial charge on any atom is 0.257 e. The van der Waals surface area contributed by atoms with Crippen LogP contribution in [0.3, 0.4) is 0 Å². The van der Waals surface area contributed by atoms with Crippen LogP contribution in [0.1, 0.15) is 29.9 Å². The second-order valence-corrected chi connectivity index (χ2v) is 4.55. The summed E-state index contributed by atoms with van der Waals surface area (Å²) in [6.45, 7) is 9.90. The number of hydrogen-bond donors (Lipinski definition) is 0. The summed E-state index contributed by atoms with van der Waals surface area (Å²) in [6, 6.07) is 1.79. The van der Waals surface area contributed by atoms with Gasteiger partial charge in [-0.1, -0.05) is 17.7 Å². The summed E-state index contributed by atoms with van der Waals surface area (Å²) in [5.74, 6) is -0.114. The minimum absolute atomic E-state index is 0.0952. The van der Waals surface area contributed by atoms with E-state index in [0.717, 1.165) is 5.69 Å². The zero-order valence-corrected chi connectivity index (χ0v) is 11.2. The van der Waals surface area contributed by atoms with Crippen LogP contribution in [0.15, 0.2) is 24.9 Å². The van der Waals surface area contributed by atoms with E-state index in [1.54, 1.807) is 17.0 Å². The third kappa shape index (κ3) is 3.30. The minimum Gasteiger partial charge on any atom is -0.332 e. The Bertz CT molecular complexity index is 429. The first-order valence-electron chi connectivity index (χ1n) is 5.51. The number of carbonyl (C=O) groups is 1. The predicted molar refractivity (Wildman–Crippen MR) is 70.4 cm³/mol. The summed E-state index contributed by atoms with van der Waals surface area (Å²) in [6.07, 6.45) is 3.23. The van der Waals surface area contributed by atoms with Crippen molar-refractivity contribution in [3.63, 3.8) is 0 Å². The Morgan fingerprint density at radius 2 is 2.29 bits per heavy atom. The van der Waals surface area contributed by atoms with E-state index in [2.05, 4.69) is 11.6 Å². The van der Waals surface area contributed by atoms with E-state index in [9.17, 15) is 4.79 Å². The smallest absolute Gasteiger partial charge is 0.257 e. The van der Waals surface area contributed by atoms with Crippen molar-refractivity contribution in [3.05, 3.63) is 41.2 Å². The molecule has 0 fully saturated rings. The van der Waals surface area contributed by atoms with Crippen LogP contribution in [0.4, 0.5) is 0 Å². The number of nitrogens with zero attached hydrogens (tertiary/aromatic N) is 2. The van der Waals surface area contributed by atoms with Crippen molar-refractivity contribution in [2.75, 3.05) is 6.54 Å². The molecule has 0 saturated carbocycles. The first kappa shape index (κ1) is 13.7. The molecule has 0 N–H and O–H groups in total. The molecule has 17 heavy (non-hydrogen) atoms. The van der Waals surface area contributed by atoms with Crippen LogP contribution in [0.5, 0.6) is 0 Å². The average molecular weight is 253 g/mol. The summed E-state index contributed by atoms with van der Waals surface area (Å²) >= 11 is 6.06. The lowest BCUT2D eigenvalue weighted by Crippen LogP contribution is -2.37. The molecule has 1 rings (SSSR count). The first-order chi connectivity index (χ1) is 7.97. The lowest BCUT2D eigenvalue weighted by atomic mass is 10.2. The van der Waals surface area contributed by atoms with Crippen LogP contribution >= 0.6 is 11.6 Å². The van der Waals surface area contributed by atoms with Gasteiger partial charge in [0.15, 0.2) is 0 Å². The normalized spacial score (nSPS) is 10.4. The van der Waals surface area contributed by atoms with Crippen molar-refractivity contribution in [2.45, 2.75) is 26.8 Å². The Balaban J connectivity index is 3.05. The standard InChI is InChI=1S/C13H17ClN2O/c1-5-6-16(9(2)3)13(17)11-8-15-10(4)7-12(11)14/h5,7-9H,1,6H2,2-4H3. The number of pyridine rings is 1. The van der Waals surface area contributed by atoms with Gasteiger partial charge in [0.1, 0.15) is 0 Å². The van der Waals surface area contributed by atoms with E-state index < -0.39 is 0 Å². The van der Waals surface area contributed by atoms with E-state index in [4.69, 9.17) is 11.6 Å². The number of amides is 1. The van der Waals surface area contributed by atoms with Gasteiger partial charge in [-0.2, -0.15) is 0 Å².